The molecule has 154 valence electrons. The average Bonchev–Trinajstić information content (AvgIpc) is 2.75. The number of hydrogen-bond acceptors (Lipinski definition) is 8. The van der Waals surface area contributed by atoms with Crippen LogP contribution >= 0.6 is 11.8 Å². The SMILES string of the molecule is COc1cc(Sc2nc(Nc3ccc(S(N)=O)cc3)ncc2C)ccc1OCC#N. The first-order chi connectivity index (χ1) is 14.5. The largest absolute Gasteiger partial charge is 0.493 e. The van der Waals surface area contributed by atoms with Crippen LogP contribution in [0, 0.1) is 18.3 Å². The van der Waals surface area contributed by atoms with Gasteiger partial charge in [-0.15, -0.1) is 0 Å². The van der Waals surface area contributed by atoms with Gasteiger partial charge in [0.1, 0.15) is 22.1 Å². The molecule has 1 heterocycles. The number of aryl methyl sites for hydroxylation is 1. The standard InChI is InChI=1S/C20H19N5O3S2/c1-13-12-23-20(24-14-3-6-16(7-4-14)30(22)26)25-19(13)29-15-5-8-17(28-10-9-21)18(11-15)27-2/h3-8,11-12H,10,22H2,1-2H3,(H,23,24,25). The minimum Gasteiger partial charge on any atom is -0.493 e. The second-order valence-electron chi connectivity index (χ2n) is 5.99. The lowest BCUT2D eigenvalue weighted by molar-refractivity contribution is 0.329. The monoisotopic (exact) mass is 441 g/mol. The van der Waals surface area contributed by atoms with E-state index in [0.29, 0.717) is 22.3 Å². The quantitative estimate of drug-likeness (QED) is 0.509. The van der Waals surface area contributed by atoms with Crippen molar-refractivity contribution in [3.63, 3.8) is 0 Å². The molecule has 8 nitrogen and oxygen atoms in total. The van der Waals surface area contributed by atoms with Crippen LogP contribution in [0.1, 0.15) is 5.56 Å². The molecular formula is C20H19N5O3S2. The highest BCUT2D eigenvalue weighted by atomic mass is 32.2. The Kier molecular flexibility index (Phi) is 7.24. The number of aromatic nitrogens is 2. The maximum atomic E-state index is 11.3. The maximum Gasteiger partial charge on any atom is 0.228 e. The molecule has 0 amide bonds. The molecule has 0 fully saturated rings. The predicted molar refractivity (Wildman–Crippen MR) is 115 cm³/mol. The Morgan fingerprint density at radius 3 is 2.67 bits per heavy atom. The van der Waals surface area contributed by atoms with Gasteiger partial charge >= 0.3 is 0 Å². The Morgan fingerprint density at radius 2 is 2.00 bits per heavy atom. The van der Waals surface area contributed by atoms with E-state index >= 15 is 0 Å². The number of methoxy groups -OCH3 is 1. The molecule has 0 radical (unpaired) electrons. The summed E-state index contributed by atoms with van der Waals surface area (Å²) in [5.74, 6) is 1.48. The first-order valence-electron chi connectivity index (χ1n) is 8.72. The lowest BCUT2D eigenvalue weighted by Gasteiger charge is -2.11. The summed E-state index contributed by atoms with van der Waals surface area (Å²) in [5.41, 5.74) is 1.67. The van der Waals surface area contributed by atoms with E-state index < -0.39 is 11.0 Å². The number of nitrogens with zero attached hydrogens (tertiary/aromatic N) is 3. The third kappa shape index (κ3) is 5.48. The summed E-state index contributed by atoms with van der Waals surface area (Å²) < 4.78 is 22.0. The number of ether oxygens (including phenoxy) is 2. The number of nitrogens with two attached hydrogens (primary N) is 1. The van der Waals surface area contributed by atoms with Crippen LogP contribution in [0.2, 0.25) is 0 Å². The van der Waals surface area contributed by atoms with E-state index in [-0.39, 0.29) is 6.61 Å². The van der Waals surface area contributed by atoms with E-state index in [1.165, 1.54) is 11.8 Å². The van der Waals surface area contributed by atoms with Crippen LogP contribution < -0.4 is 19.9 Å². The summed E-state index contributed by atoms with van der Waals surface area (Å²) in [6, 6.07) is 14.3. The van der Waals surface area contributed by atoms with Crippen LogP contribution in [0.3, 0.4) is 0 Å². The molecule has 0 bridgehead atoms. The van der Waals surface area contributed by atoms with Crippen LogP contribution in [0.15, 0.2) is 63.5 Å². The van der Waals surface area contributed by atoms with Crippen molar-refractivity contribution < 1.29 is 13.7 Å². The van der Waals surface area contributed by atoms with Crippen LogP contribution in [0.25, 0.3) is 0 Å². The highest BCUT2D eigenvalue weighted by Gasteiger charge is 2.11. The van der Waals surface area contributed by atoms with Gasteiger partial charge < -0.3 is 14.8 Å². The fraction of sp³-hybridized carbons (Fsp3) is 0.150. The van der Waals surface area contributed by atoms with Gasteiger partial charge in [0.25, 0.3) is 0 Å². The third-order valence-electron chi connectivity index (χ3n) is 3.91. The summed E-state index contributed by atoms with van der Waals surface area (Å²) in [4.78, 5) is 10.3. The maximum absolute atomic E-state index is 11.3. The molecule has 10 heteroatoms. The minimum atomic E-state index is -1.52. The topological polar surface area (TPSA) is 123 Å². The smallest absolute Gasteiger partial charge is 0.228 e. The summed E-state index contributed by atoms with van der Waals surface area (Å²) in [6.45, 7) is 1.88. The highest BCUT2D eigenvalue weighted by molar-refractivity contribution is 7.99. The number of hydrogen-bond donors (Lipinski definition) is 2. The molecular weight excluding hydrogens is 422 g/mol. The Morgan fingerprint density at radius 1 is 1.23 bits per heavy atom. The molecule has 0 saturated carbocycles. The average molecular weight is 442 g/mol. The normalized spacial score (nSPS) is 11.4. The molecule has 0 aliphatic heterocycles. The van der Waals surface area contributed by atoms with Crippen LogP contribution in [0.5, 0.6) is 11.5 Å². The molecule has 3 aromatic rings. The van der Waals surface area contributed by atoms with Crippen LogP contribution in [-0.2, 0) is 11.0 Å². The van der Waals surface area contributed by atoms with Gasteiger partial charge in [-0.3, -0.25) is 0 Å². The van der Waals surface area contributed by atoms with Gasteiger partial charge in [0, 0.05) is 22.3 Å². The van der Waals surface area contributed by atoms with E-state index in [2.05, 4.69) is 15.3 Å². The van der Waals surface area contributed by atoms with Gasteiger partial charge in [0.05, 0.1) is 12.0 Å². The van der Waals surface area contributed by atoms with Crippen molar-refractivity contribution in [1.29, 1.82) is 5.26 Å². The van der Waals surface area contributed by atoms with Gasteiger partial charge in [0.15, 0.2) is 18.1 Å². The van der Waals surface area contributed by atoms with Crippen molar-refractivity contribution in [3.8, 4) is 17.6 Å². The Hall–Kier alpha value is -3.13. The van der Waals surface area contributed by atoms with E-state index in [0.717, 1.165) is 21.2 Å². The van der Waals surface area contributed by atoms with Crippen molar-refractivity contribution in [2.24, 2.45) is 5.14 Å². The fourth-order valence-corrected chi connectivity index (χ4v) is 3.72. The molecule has 1 aromatic heterocycles. The zero-order valence-electron chi connectivity index (χ0n) is 16.3. The number of benzene rings is 2. The van der Waals surface area contributed by atoms with Gasteiger partial charge in [-0.2, -0.15) is 5.26 Å². The first-order valence-corrected chi connectivity index (χ1v) is 10.8. The lowest BCUT2D eigenvalue weighted by atomic mass is 10.3. The number of nitriles is 1. The third-order valence-corrected chi connectivity index (χ3v) is 5.74. The van der Waals surface area contributed by atoms with Crippen molar-refractivity contribution >= 4 is 34.4 Å². The zero-order valence-corrected chi connectivity index (χ0v) is 17.9. The molecule has 0 aliphatic carbocycles. The Labute approximate surface area is 181 Å². The lowest BCUT2D eigenvalue weighted by Crippen LogP contribution is -2.03. The molecule has 0 spiro atoms. The van der Waals surface area contributed by atoms with E-state index in [1.54, 1.807) is 43.6 Å². The van der Waals surface area contributed by atoms with E-state index in [4.69, 9.17) is 19.9 Å². The molecule has 2 aromatic carbocycles. The first kappa shape index (κ1) is 21.6. The molecule has 3 N–H and O–H groups in total. The fourth-order valence-electron chi connectivity index (χ4n) is 2.44. The summed E-state index contributed by atoms with van der Waals surface area (Å²) in [6.07, 6.45) is 1.74. The summed E-state index contributed by atoms with van der Waals surface area (Å²) in [5, 5.41) is 18.0. The van der Waals surface area contributed by atoms with Crippen molar-refractivity contribution in [2.45, 2.75) is 21.7 Å². The summed E-state index contributed by atoms with van der Waals surface area (Å²) >= 11 is 1.46. The second kappa shape index (κ2) is 10.1. The highest BCUT2D eigenvalue weighted by Crippen LogP contribution is 2.36. The molecule has 30 heavy (non-hydrogen) atoms. The molecule has 1 unspecified atom stereocenters. The van der Waals surface area contributed by atoms with Gasteiger partial charge in [-0.25, -0.2) is 19.3 Å². The number of anilines is 2. The number of rotatable bonds is 8. The van der Waals surface area contributed by atoms with Crippen molar-refractivity contribution in [2.75, 3.05) is 19.0 Å². The molecule has 1 atom stereocenters. The molecule has 3 rings (SSSR count). The molecule has 0 saturated heterocycles. The van der Waals surface area contributed by atoms with E-state index in [1.807, 2.05) is 25.1 Å². The van der Waals surface area contributed by atoms with Crippen molar-refractivity contribution in [3.05, 3.63) is 54.2 Å². The minimum absolute atomic E-state index is 0.0505. The Balaban J connectivity index is 1.78. The van der Waals surface area contributed by atoms with Gasteiger partial charge in [-0.05, 0) is 49.4 Å². The molecule has 0 aliphatic rings. The Bertz CT molecular complexity index is 1100. The second-order valence-corrected chi connectivity index (χ2v) is 8.12. The van der Waals surface area contributed by atoms with Crippen LogP contribution in [0.4, 0.5) is 11.6 Å². The van der Waals surface area contributed by atoms with Gasteiger partial charge in [0.2, 0.25) is 5.95 Å². The number of nitrogens with one attached hydrogen (secondary N) is 1. The summed E-state index contributed by atoms with van der Waals surface area (Å²) in [7, 11) is 0.0308. The van der Waals surface area contributed by atoms with Crippen LogP contribution in [-0.4, -0.2) is 27.9 Å². The predicted octanol–water partition coefficient (Wildman–Crippen LogP) is 3.57. The van der Waals surface area contributed by atoms with E-state index in [9.17, 15) is 4.21 Å². The van der Waals surface area contributed by atoms with Gasteiger partial charge in [-0.1, -0.05) is 11.8 Å². The van der Waals surface area contributed by atoms with Crippen molar-refractivity contribution in [1.82, 2.24) is 9.97 Å². The zero-order chi connectivity index (χ0) is 21.5.